The van der Waals surface area contributed by atoms with Gasteiger partial charge in [-0.15, -0.1) is 0 Å². The van der Waals surface area contributed by atoms with Crippen LogP contribution in [0.2, 0.25) is 0 Å². The van der Waals surface area contributed by atoms with Crippen LogP contribution in [0.25, 0.3) is 0 Å². The Labute approximate surface area is 128 Å². The molecule has 0 bridgehead atoms. The van der Waals surface area contributed by atoms with Crippen LogP contribution in [-0.4, -0.2) is 19.1 Å². The summed E-state index contributed by atoms with van der Waals surface area (Å²) in [5.74, 6) is -0.0995. The van der Waals surface area contributed by atoms with E-state index in [4.69, 9.17) is 0 Å². The molecule has 21 heavy (non-hydrogen) atoms. The molecule has 0 aromatic heterocycles. The molecule has 118 valence electrons. The summed E-state index contributed by atoms with van der Waals surface area (Å²) in [6.45, 7) is 6.91. The van der Waals surface area contributed by atoms with Gasteiger partial charge in [0.25, 0.3) is 0 Å². The van der Waals surface area contributed by atoms with E-state index in [1.807, 2.05) is 12.1 Å². The van der Waals surface area contributed by atoms with Gasteiger partial charge in [-0.2, -0.15) is 0 Å². The van der Waals surface area contributed by atoms with E-state index in [0.29, 0.717) is 6.04 Å². The van der Waals surface area contributed by atoms with Gasteiger partial charge in [0.1, 0.15) is 5.82 Å². The number of benzene rings is 1. The fraction of sp³-hybridized carbons (Fsp3) is 0.667. The maximum atomic E-state index is 14.1. The monoisotopic (exact) mass is 292 g/mol. The number of rotatable bonds is 8. The molecular formula is C18H29FN2. The van der Waals surface area contributed by atoms with E-state index < -0.39 is 0 Å². The molecule has 0 amide bonds. The van der Waals surface area contributed by atoms with Crippen molar-refractivity contribution in [3.05, 3.63) is 29.6 Å². The average Bonchev–Trinajstić information content (AvgIpc) is 3.01. The van der Waals surface area contributed by atoms with Gasteiger partial charge in [0, 0.05) is 25.7 Å². The summed E-state index contributed by atoms with van der Waals surface area (Å²) in [5, 5.41) is 3.60. The van der Waals surface area contributed by atoms with Crippen molar-refractivity contribution in [2.75, 3.05) is 18.0 Å². The van der Waals surface area contributed by atoms with Crippen LogP contribution in [0.15, 0.2) is 18.2 Å². The van der Waals surface area contributed by atoms with Crippen LogP contribution in [0.5, 0.6) is 0 Å². The normalized spacial score (nSPS) is 15.6. The summed E-state index contributed by atoms with van der Waals surface area (Å²) in [6.07, 6.45) is 7.50. The van der Waals surface area contributed by atoms with E-state index in [0.717, 1.165) is 38.2 Å². The van der Waals surface area contributed by atoms with E-state index in [1.54, 1.807) is 6.07 Å². The van der Waals surface area contributed by atoms with Crippen molar-refractivity contribution in [1.29, 1.82) is 0 Å². The van der Waals surface area contributed by atoms with E-state index in [-0.39, 0.29) is 5.82 Å². The van der Waals surface area contributed by atoms with Crippen LogP contribution in [0.3, 0.4) is 0 Å². The van der Waals surface area contributed by atoms with Crippen molar-refractivity contribution in [1.82, 2.24) is 5.32 Å². The minimum Gasteiger partial charge on any atom is -0.369 e. The lowest BCUT2D eigenvalue weighted by Gasteiger charge is -2.24. The molecule has 0 atom stereocenters. The molecule has 3 heteroatoms. The highest BCUT2D eigenvalue weighted by Gasteiger charge is 2.15. The molecule has 0 saturated heterocycles. The highest BCUT2D eigenvalue weighted by Crippen LogP contribution is 2.23. The first-order chi connectivity index (χ1) is 10.2. The minimum absolute atomic E-state index is 0.0995. The van der Waals surface area contributed by atoms with Crippen molar-refractivity contribution in [3.63, 3.8) is 0 Å². The van der Waals surface area contributed by atoms with Crippen LogP contribution < -0.4 is 10.2 Å². The number of nitrogens with zero attached hydrogens (tertiary/aromatic N) is 1. The van der Waals surface area contributed by atoms with Gasteiger partial charge in [-0.25, -0.2) is 4.39 Å². The fourth-order valence-electron chi connectivity index (χ4n) is 3.10. The van der Waals surface area contributed by atoms with E-state index in [9.17, 15) is 4.39 Å². The Morgan fingerprint density at radius 3 is 2.67 bits per heavy atom. The summed E-state index contributed by atoms with van der Waals surface area (Å²) in [4.78, 5) is 2.15. The first-order valence-corrected chi connectivity index (χ1v) is 8.51. The van der Waals surface area contributed by atoms with Crippen molar-refractivity contribution in [2.24, 2.45) is 0 Å². The largest absolute Gasteiger partial charge is 0.369 e. The van der Waals surface area contributed by atoms with E-state index in [1.165, 1.54) is 31.2 Å². The minimum atomic E-state index is -0.0995. The van der Waals surface area contributed by atoms with Crippen LogP contribution in [-0.2, 0) is 6.54 Å². The quantitative estimate of drug-likeness (QED) is 0.759. The molecule has 0 radical (unpaired) electrons. The Balaban J connectivity index is 2.00. The zero-order valence-corrected chi connectivity index (χ0v) is 13.5. The Kier molecular flexibility index (Phi) is 6.50. The van der Waals surface area contributed by atoms with Gasteiger partial charge < -0.3 is 10.2 Å². The highest BCUT2D eigenvalue weighted by atomic mass is 19.1. The molecule has 0 aliphatic heterocycles. The molecule has 1 aromatic carbocycles. The zero-order chi connectivity index (χ0) is 15.1. The number of anilines is 1. The van der Waals surface area contributed by atoms with Crippen molar-refractivity contribution < 1.29 is 4.39 Å². The molecule has 1 fully saturated rings. The Morgan fingerprint density at radius 1 is 1.24 bits per heavy atom. The topological polar surface area (TPSA) is 15.3 Å². The molecule has 1 aliphatic carbocycles. The molecular weight excluding hydrogens is 263 g/mol. The maximum absolute atomic E-state index is 14.1. The lowest BCUT2D eigenvalue weighted by molar-refractivity contribution is 0.523. The molecule has 1 aliphatic rings. The maximum Gasteiger partial charge on any atom is 0.146 e. The molecule has 0 heterocycles. The van der Waals surface area contributed by atoms with Crippen LogP contribution in [0, 0.1) is 5.82 Å². The molecule has 1 aromatic rings. The summed E-state index contributed by atoms with van der Waals surface area (Å²) in [5.41, 5.74) is 1.95. The van der Waals surface area contributed by atoms with Gasteiger partial charge in [-0.3, -0.25) is 0 Å². The first kappa shape index (κ1) is 16.3. The second-order valence-corrected chi connectivity index (χ2v) is 6.08. The Hall–Kier alpha value is -1.09. The highest BCUT2D eigenvalue weighted by molar-refractivity contribution is 5.50. The van der Waals surface area contributed by atoms with Crippen LogP contribution >= 0.6 is 0 Å². The number of nitrogens with one attached hydrogen (secondary N) is 1. The number of unbranched alkanes of at least 4 members (excludes halogenated alkanes) is 1. The smallest absolute Gasteiger partial charge is 0.146 e. The summed E-state index contributed by atoms with van der Waals surface area (Å²) in [7, 11) is 0. The lowest BCUT2D eigenvalue weighted by atomic mass is 10.1. The SMILES string of the molecule is CCCCN(CC)c1cc(CNC2CCCC2)ccc1F. The van der Waals surface area contributed by atoms with Crippen LogP contribution in [0.1, 0.15) is 57.9 Å². The third kappa shape index (κ3) is 4.70. The number of hydrogen-bond donors (Lipinski definition) is 1. The van der Waals surface area contributed by atoms with E-state index in [2.05, 4.69) is 24.1 Å². The average molecular weight is 292 g/mol. The molecule has 0 spiro atoms. The standard InChI is InChI=1S/C18H29FN2/c1-3-5-12-21(4-2)18-13-15(10-11-17(18)19)14-20-16-8-6-7-9-16/h10-11,13,16,20H,3-9,12,14H2,1-2H3. The van der Waals surface area contributed by atoms with Gasteiger partial charge in [0.2, 0.25) is 0 Å². The molecule has 1 N–H and O–H groups in total. The van der Waals surface area contributed by atoms with Crippen molar-refractivity contribution in [2.45, 2.75) is 65.0 Å². The Bertz CT molecular complexity index is 427. The summed E-state index contributed by atoms with van der Waals surface area (Å²) >= 11 is 0. The fourth-order valence-corrected chi connectivity index (χ4v) is 3.10. The second kappa shape index (κ2) is 8.38. The van der Waals surface area contributed by atoms with Crippen molar-refractivity contribution >= 4 is 5.69 Å². The zero-order valence-electron chi connectivity index (χ0n) is 13.5. The van der Waals surface area contributed by atoms with Crippen molar-refractivity contribution in [3.8, 4) is 0 Å². The summed E-state index contributed by atoms with van der Waals surface area (Å²) in [6, 6.07) is 6.21. The molecule has 0 unspecified atom stereocenters. The number of hydrogen-bond acceptors (Lipinski definition) is 2. The third-order valence-corrected chi connectivity index (χ3v) is 4.46. The predicted octanol–water partition coefficient (Wildman–Crippen LogP) is 4.48. The van der Waals surface area contributed by atoms with E-state index >= 15 is 0 Å². The predicted molar refractivity (Wildman–Crippen MR) is 88.3 cm³/mol. The number of halogens is 1. The van der Waals surface area contributed by atoms with Gasteiger partial charge in [0.05, 0.1) is 5.69 Å². The lowest BCUT2D eigenvalue weighted by Crippen LogP contribution is -2.27. The van der Waals surface area contributed by atoms with Crippen LogP contribution in [0.4, 0.5) is 10.1 Å². The third-order valence-electron chi connectivity index (χ3n) is 4.46. The molecule has 1 saturated carbocycles. The van der Waals surface area contributed by atoms with Gasteiger partial charge >= 0.3 is 0 Å². The first-order valence-electron chi connectivity index (χ1n) is 8.51. The Morgan fingerprint density at radius 2 is 2.00 bits per heavy atom. The van der Waals surface area contributed by atoms with Gasteiger partial charge in [-0.05, 0) is 43.9 Å². The van der Waals surface area contributed by atoms with Gasteiger partial charge in [-0.1, -0.05) is 32.3 Å². The summed E-state index contributed by atoms with van der Waals surface area (Å²) < 4.78 is 14.1. The van der Waals surface area contributed by atoms with Gasteiger partial charge in [0.15, 0.2) is 0 Å². The second-order valence-electron chi connectivity index (χ2n) is 6.08. The molecule has 2 rings (SSSR count). The molecule has 2 nitrogen and oxygen atoms in total.